The summed E-state index contributed by atoms with van der Waals surface area (Å²) >= 11 is 3.44. The Hall–Kier alpha value is -1.61. The van der Waals surface area contributed by atoms with Crippen LogP contribution < -0.4 is 5.32 Å². The average Bonchev–Trinajstić information content (AvgIpc) is 2.32. The van der Waals surface area contributed by atoms with E-state index in [1.807, 2.05) is 55.5 Å². The van der Waals surface area contributed by atoms with Crippen LogP contribution in [0.15, 0.2) is 53.0 Å². The molecule has 2 aromatic carbocycles. The van der Waals surface area contributed by atoms with Crippen LogP contribution >= 0.6 is 15.9 Å². The molecular formula is C15H14BrNO. The SMILES string of the molecule is Cc1cccc(NC(=O)Cc2ccccc2Br)c1. The van der Waals surface area contributed by atoms with Crippen LogP contribution in [-0.4, -0.2) is 5.91 Å². The summed E-state index contributed by atoms with van der Waals surface area (Å²) in [5, 5.41) is 2.90. The van der Waals surface area contributed by atoms with E-state index in [4.69, 9.17) is 0 Å². The lowest BCUT2D eigenvalue weighted by atomic mass is 10.1. The van der Waals surface area contributed by atoms with E-state index in [1.54, 1.807) is 0 Å². The second-order valence-corrected chi connectivity index (χ2v) is 5.04. The van der Waals surface area contributed by atoms with Crippen molar-refractivity contribution in [2.75, 3.05) is 5.32 Å². The lowest BCUT2D eigenvalue weighted by molar-refractivity contribution is -0.115. The van der Waals surface area contributed by atoms with Crippen molar-refractivity contribution in [3.63, 3.8) is 0 Å². The second-order valence-electron chi connectivity index (χ2n) is 4.19. The first kappa shape index (κ1) is 12.8. The molecule has 0 heterocycles. The predicted octanol–water partition coefficient (Wildman–Crippen LogP) is 3.94. The average molecular weight is 304 g/mol. The summed E-state index contributed by atoms with van der Waals surface area (Å²) in [4.78, 5) is 11.9. The normalized spacial score (nSPS) is 10.1. The molecule has 1 N–H and O–H groups in total. The molecule has 0 fully saturated rings. The molecule has 0 saturated heterocycles. The molecule has 0 aromatic heterocycles. The van der Waals surface area contributed by atoms with Crippen molar-refractivity contribution in [2.45, 2.75) is 13.3 Å². The second kappa shape index (κ2) is 5.83. The van der Waals surface area contributed by atoms with Crippen LogP contribution in [0, 0.1) is 6.92 Å². The summed E-state index contributed by atoms with van der Waals surface area (Å²) in [6.07, 6.45) is 0.370. The molecule has 18 heavy (non-hydrogen) atoms. The van der Waals surface area contributed by atoms with Gasteiger partial charge in [-0.05, 0) is 36.2 Å². The van der Waals surface area contributed by atoms with Gasteiger partial charge >= 0.3 is 0 Å². The maximum Gasteiger partial charge on any atom is 0.228 e. The van der Waals surface area contributed by atoms with Crippen molar-refractivity contribution in [1.29, 1.82) is 0 Å². The Bertz CT molecular complexity index is 566. The van der Waals surface area contributed by atoms with E-state index < -0.39 is 0 Å². The van der Waals surface area contributed by atoms with Crippen molar-refractivity contribution in [2.24, 2.45) is 0 Å². The first-order valence-electron chi connectivity index (χ1n) is 5.75. The van der Waals surface area contributed by atoms with E-state index in [-0.39, 0.29) is 5.91 Å². The monoisotopic (exact) mass is 303 g/mol. The zero-order valence-electron chi connectivity index (χ0n) is 10.1. The van der Waals surface area contributed by atoms with E-state index in [9.17, 15) is 4.79 Å². The van der Waals surface area contributed by atoms with Crippen LogP contribution in [0.2, 0.25) is 0 Å². The van der Waals surface area contributed by atoms with Crippen molar-refractivity contribution < 1.29 is 4.79 Å². The number of nitrogens with one attached hydrogen (secondary N) is 1. The molecule has 0 atom stereocenters. The minimum Gasteiger partial charge on any atom is -0.326 e. The number of amides is 1. The molecule has 3 heteroatoms. The van der Waals surface area contributed by atoms with Gasteiger partial charge in [0, 0.05) is 10.2 Å². The van der Waals surface area contributed by atoms with E-state index in [0.29, 0.717) is 6.42 Å². The standard InChI is InChI=1S/C15H14BrNO/c1-11-5-4-7-13(9-11)17-15(18)10-12-6-2-3-8-14(12)16/h2-9H,10H2,1H3,(H,17,18). The highest BCUT2D eigenvalue weighted by Crippen LogP contribution is 2.17. The predicted molar refractivity (Wildman–Crippen MR) is 77.7 cm³/mol. The van der Waals surface area contributed by atoms with Gasteiger partial charge < -0.3 is 5.32 Å². The number of carbonyl (C=O) groups excluding carboxylic acids is 1. The third kappa shape index (κ3) is 3.44. The number of anilines is 1. The Morgan fingerprint density at radius 1 is 1.17 bits per heavy atom. The third-order valence-electron chi connectivity index (χ3n) is 2.61. The smallest absolute Gasteiger partial charge is 0.228 e. The van der Waals surface area contributed by atoms with Crippen molar-refractivity contribution in [3.05, 3.63) is 64.1 Å². The number of halogens is 1. The zero-order chi connectivity index (χ0) is 13.0. The van der Waals surface area contributed by atoms with Crippen LogP contribution in [0.1, 0.15) is 11.1 Å². The quantitative estimate of drug-likeness (QED) is 0.914. The first-order valence-corrected chi connectivity index (χ1v) is 6.54. The Labute approximate surface area is 115 Å². The molecule has 0 aliphatic carbocycles. The van der Waals surface area contributed by atoms with Crippen molar-refractivity contribution in [3.8, 4) is 0 Å². The maximum absolute atomic E-state index is 11.9. The van der Waals surface area contributed by atoms with Gasteiger partial charge in [0.25, 0.3) is 0 Å². The first-order chi connectivity index (χ1) is 8.65. The van der Waals surface area contributed by atoms with Gasteiger partial charge in [0.2, 0.25) is 5.91 Å². The molecule has 0 aliphatic rings. The van der Waals surface area contributed by atoms with E-state index >= 15 is 0 Å². The molecule has 0 spiro atoms. The fourth-order valence-electron chi connectivity index (χ4n) is 1.74. The van der Waals surface area contributed by atoms with Gasteiger partial charge in [-0.1, -0.05) is 46.3 Å². The van der Waals surface area contributed by atoms with E-state index in [0.717, 1.165) is 21.3 Å². The van der Waals surface area contributed by atoms with Gasteiger partial charge in [0.15, 0.2) is 0 Å². The molecule has 0 aliphatic heterocycles. The summed E-state index contributed by atoms with van der Waals surface area (Å²) in [5.74, 6) is -0.00694. The molecule has 92 valence electrons. The van der Waals surface area contributed by atoms with Gasteiger partial charge in [0.1, 0.15) is 0 Å². The Morgan fingerprint density at radius 3 is 2.67 bits per heavy atom. The number of carbonyl (C=O) groups is 1. The lowest BCUT2D eigenvalue weighted by Crippen LogP contribution is -2.14. The Kier molecular flexibility index (Phi) is 4.15. The highest BCUT2D eigenvalue weighted by atomic mass is 79.9. The minimum atomic E-state index is -0.00694. The molecule has 0 unspecified atom stereocenters. The van der Waals surface area contributed by atoms with E-state index in [2.05, 4.69) is 21.2 Å². The summed E-state index contributed by atoms with van der Waals surface area (Å²) in [6.45, 7) is 2.00. The molecule has 2 aromatic rings. The summed E-state index contributed by atoms with van der Waals surface area (Å²) in [5.41, 5.74) is 2.96. The van der Waals surface area contributed by atoms with Crippen molar-refractivity contribution in [1.82, 2.24) is 0 Å². The molecule has 1 amide bonds. The highest BCUT2D eigenvalue weighted by Gasteiger charge is 2.06. The van der Waals surface area contributed by atoms with Crippen molar-refractivity contribution >= 4 is 27.5 Å². The number of benzene rings is 2. The highest BCUT2D eigenvalue weighted by molar-refractivity contribution is 9.10. The van der Waals surface area contributed by atoms with Crippen LogP contribution in [0.5, 0.6) is 0 Å². The molecule has 0 saturated carbocycles. The Balaban J connectivity index is 2.03. The van der Waals surface area contributed by atoms with Gasteiger partial charge in [0.05, 0.1) is 6.42 Å². The maximum atomic E-state index is 11.9. The third-order valence-corrected chi connectivity index (χ3v) is 3.38. The largest absolute Gasteiger partial charge is 0.326 e. The molecular weight excluding hydrogens is 290 g/mol. The summed E-state index contributed by atoms with van der Waals surface area (Å²) in [6, 6.07) is 15.5. The Morgan fingerprint density at radius 2 is 1.94 bits per heavy atom. The molecule has 2 nitrogen and oxygen atoms in total. The molecule has 0 bridgehead atoms. The van der Waals surface area contributed by atoms with Gasteiger partial charge in [-0.2, -0.15) is 0 Å². The minimum absolute atomic E-state index is 0.00694. The van der Waals surface area contributed by atoms with Gasteiger partial charge in [-0.3, -0.25) is 4.79 Å². The van der Waals surface area contributed by atoms with E-state index in [1.165, 1.54) is 0 Å². The topological polar surface area (TPSA) is 29.1 Å². The summed E-state index contributed by atoms with van der Waals surface area (Å²) < 4.78 is 0.962. The van der Waals surface area contributed by atoms with Crippen LogP contribution in [0.25, 0.3) is 0 Å². The van der Waals surface area contributed by atoms with Gasteiger partial charge in [-0.25, -0.2) is 0 Å². The number of hydrogen-bond donors (Lipinski definition) is 1. The molecule has 2 rings (SSSR count). The summed E-state index contributed by atoms with van der Waals surface area (Å²) in [7, 11) is 0. The number of hydrogen-bond acceptors (Lipinski definition) is 1. The molecule has 0 radical (unpaired) electrons. The van der Waals surface area contributed by atoms with Crippen LogP contribution in [-0.2, 0) is 11.2 Å². The zero-order valence-corrected chi connectivity index (χ0v) is 11.7. The fraction of sp³-hybridized carbons (Fsp3) is 0.133. The number of rotatable bonds is 3. The van der Waals surface area contributed by atoms with Crippen LogP contribution in [0.3, 0.4) is 0 Å². The van der Waals surface area contributed by atoms with Gasteiger partial charge in [-0.15, -0.1) is 0 Å². The lowest BCUT2D eigenvalue weighted by Gasteiger charge is -2.07. The number of aryl methyl sites for hydroxylation is 1. The van der Waals surface area contributed by atoms with Crippen LogP contribution in [0.4, 0.5) is 5.69 Å². The fourth-order valence-corrected chi connectivity index (χ4v) is 2.17.